The molecule has 2 heterocycles. The second kappa shape index (κ2) is 8.67. The summed E-state index contributed by atoms with van der Waals surface area (Å²) in [6.07, 6.45) is 3.49. The highest BCUT2D eigenvalue weighted by molar-refractivity contribution is 7.10. The van der Waals surface area contributed by atoms with Crippen LogP contribution in [0.15, 0.2) is 84.5 Å². The Morgan fingerprint density at radius 2 is 1.69 bits per heavy atom. The highest BCUT2D eigenvalue weighted by Gasteiger charge is 2.17. The molecule has 0 radical (unpaired) electrons. The van der Waals surface area contributed by atoms with Gasteiger partial charge in [0, 0.05) is 29.0 Å². The molecule has 0 spiro atoms. The quantitative estimate of drug-likeness (QED) is 0.452. The zero-order valence-corrected chi connectivity index (χ0v) is 16.7. The van der Waals surface area contributed by atoms with Crippen molar-refractivity contribution in [2.45, 2.75) is 13.0 Å². The highest BCUT2D eigenvalue weighted by atomic mass is 32.1. The predicted molar refractivity (Wildman–Crippen MR) is 117 cm³/mol. The zero-order chi connectivity index (χ0) is 20.1. The Kier molecular flexibility index (Phi) is 5.63. The lowest BCUT2D eigenvalue weighted by molar-refractivity contribution is 0.0940. The van der Waals surface area contributed by atoms with Gasteiger partial charge in [0.05, 0.1) is 23.0 Å². The number of hydrogen-bond donors (Lipinski definition) is 2. The third-order valence-electron chi connectivity index (χ3n) is 4.44. The van der Waals surface area contributed by atoms with E-state index in [2.05, 4.69) is 20.6 Å². The molecule has 2 aromatic carbocycles. The summed E-state index contributed by atoms with van der Waals surface area (Å²) in [5.41, 5.74) is 4.19. The molecule has 0 fully saturated rings. The van der Waals surface area contributed by atoms with Crippen LogP contribution in [0.25, 0.3) is 11.3 Å². The summed E-state index contributed by atoms with van der Waals surface area (Å²) in [5.74, 6) is -0.141. The van der Waals surface area contributed by atoms with E-state index < -0.39 is 0 Å². The van der Waals surface area contributed by atoms with Crippen LogP contribution in [-0.2, 0) is 0 Å². The number of nitrogens with one attached hydrogen (secondary N) is 2. The van der Waals surface area contributed by atoms with E-state index in [1.54, 1.807) is 12.4 Å². The number of carbonyl (C=O) groups excluding carboxylic acids is 1. The fourth-order valence-corrected chi connectivity index (χ4v) is 3.78. The molecule has 0 saturated carbocycles. The first-order chi connectivity index (χ1) is 14.2. The van der Waals surface area contributed by atoms with Crippen molar-refractivity contribution >= 4 is 28.6 Å². The number of para-hydroxylation sites is 2. The van der Waals surface area contributed by atoms with Gasteiger partial charge in [-0.05, 0) is 43.3 Å². The molecular formula is C23H20N4OS. The standard InChI is InChI=1S/C23H20N4OS/c1-16(23-27-21(15-29-23)17-11-13-24-14-12-17)25-22(28)19-9-5-6-10-20(19)26-18-7-3-2-4-8-18/h2-16,26H,1H3,(H,25,28). The lowest BCUT2D eigenvalue weighted by atomic mass is 10.1. The smallest absolute Gasteiger partial charge is 0.253 e. The van der Waals surface area contributed by atoms with E-state index in [1.807, 2.05) is 79.0 Å². The Bertz CT molecular complexity index is 1100. The maximum Gasteiger partial charge on any atom is 0.253 e. The number of anilines is 2. The second-order valence-electron chi connectivity index (χ2n) is 6.54. The zero-order valence-electron chi connectivity index (χ0n) is 15.9. The van der Waals surface area contributed by atoms with Gasteiger partial charge in [0.2, 0.25) is 0 Å². The summed E-state index contributed by atoms with van der Waals surface area (Å²) in [6.45, 7) is 1.94. The third kappa shape index (κ3) is 4.50. The molecule has 0 aliphatic rings. The van der Waals surface area contributed by atoms with Gasteiger partial charge >= 0.3 is 0 Å². The largest absolute Gasteiger partial charge is 0.355 e. The van der Waals surface area contributed by atoms with Gasteiger partial charge in [-0.2, -0.15) is 0 Å². The normalized spacial score (nSPS) is 11.6. The van der Waals surface area contributed by atoms with Crippen LogP contribution in [-0.4, -0.2) is 15.9 Å². The highest BCUT2D eigenvalue weighted by Crippen LogP contribution is 2.26. The van der Waals surface area contributed by atoms with E-state index in [0.29, 0.717) is 5.56 Å². The van der Waals surface area contributed by atoms with Gasteiger partial charge in [0.25, 0.3) is 5.91 Å². The van der Waals surface area contributed by atoms with E-state index >= 15 is 0 Å². The summed E-state index contributed by atoms with van der Waals surface area (Å²) >= 11 is 1.53. The van der Waals surface area contributed by atoms with Gasteiger partial charge in [0.15, 0.2) is 0 Å². The summed E-state index contributed by atoms with van der Waals surface area (Å²) < 4.78 is 0. The fraction of sp³-hybridized carbons (Fsp3) is 0.0870. The number of carbonyl (C=O) groups is 1. The van der Waals surface area contributed by atoms with Crippen LogP contribution in [0.5, 0.6) is 0 Å². The first-order valence-corrected chi connectivity index (χ1v) is 10.2. The van der Waals surface area contributed by atoms with E-state index in [1.165, 1.54) is 11.3 Å². The molecule has 4 aromatic rings. The van der Waals surface area contributed by atoms with Crippen LogP contribution >= 0.6 is 11.3 Å². The van der Waals surface area contributed by atoms with E-state index in [0.717, 1.165) is 27.6 Å². The Balaban J connectivity index is 1.49. The number of amides is 1. The van der Waals surface area contributed by atoms with Gasteiger partial charge in [-0.15, -0.1) is 11.3 Å². The van der Waals surface area contributed by atoms with Crippen LogP contribution in [0.1, 0.15) is 28.3 Å². The number of pyridine rings is 1. The predicted octanol–water partition coefficient (Wildman–Crippen LogP) is 5.44. The molecule has 1 unspecified atom stereocenters. The molecule has 1 atom stereocenters. The molecule has 144 valence electrons. The average Bonchev–Trinajstić information content (AvgIpc) is 3.26. The first-order valence-electron chi connectivity index (χ1n) is 9.28. The number of aromatic nitrogens is 2. The molecule has 4 rings (SSSR count). The van der Waals surface area contributed by atoms with Crippen LogP contribution in [0, 0.1) is 0 Å². The first kappa shape index (κ1) is 18.8. The van der Waals surface area contributed by atoms with Crippen molar-refractivity contribution in [3.05, 3.63) is 95.1 Å². The van der Waals surface area contributed by atoms with Crippen LogP contribution in [0.4, 0.5) is 11.4 Å². The van der Waals surface area contributed by atoms with Crippen LogP contribution in [0.3, 0.4) is 0 Å². The fourth-order valence-electron chi connectivity index (χ4n) is 2.95. The summed E-state index contributed by atoms with van der Waals surface area (Å²) in [6, 6.07) is 20.9. The van der Waals surface area contributed by atoms with E-state index in [4.69, 9.17) is 0 Å². The number of nitrogens with zero attached hydrogens (tertiary/aromatic N) is 2. The van der Waals surface area contributed by atoms with Crippen molar-refractivity contribution in [2.75, 3.05) is 5.32 Å². The van der Waals surface area contributed by atoms with Crippen LogP contribution in [0.2, 0.25) is 0 Å². The van der Waals surface area contributed by atoms with Crippen molar-refractivity contribution in [2.24, 2.45) is 0 Å². The molecule has 2 N–H and O–H groups in total. The van der Waals surface area contributed by atoms with Crippen molar-refractivity contribution in [1.82, 2.24) is 15.3 Å². The average molecular weight is 401 g/mol. The molecule has 0 aliphatic heterocycles. The van der Waals surface area contributed by atoms with Gasteiger partial charge in [-0.1, -0.05) is 30.3 Å². The minimum atomic E-state index is -0.201. The van der Waals surface area contributed by atoms with Crippen molar-refractivity contribution < 1.29 is 4.79 Å². The maximum absolute atomic E-state index is 12.9. The van der Waals surface area contributed by atoms with Crippen molar-refractivity contribution in [3.8, 4) is 11.3 Å². The Morgan fingerprint density at radius 3 is 2.48 bits per heavy atom. The number of rotatable bonds is 6. The SMILES string of the molecule is CC(NC(=O)c1ccccc1Nc1ccccc1)c1nc(-c2ccncc2)cs1. The van der Waals surface area contributed by atoms with E-state index in [9.17, 15) is 4.79 Å². The lowest BCUT2D eigenvalue weighted by Gasteiger charge is -2.15. The lowest BCUT2D eigenvalue weighted by Crippen LogP contribution is -2.27. The van der Waals surface area contributed by atoms with Crippen molar-refractivity contribution in [3.63, 3.8) is 0 Å². The minimum absolute atomic E-state index is 0.141. The molecule has 1 amide bonds. The molecule has 0 saturated heterocycles. The van der Waals surface area contributed by atoms with Crippen molar-refractivity contribution in [1.29, 1.82) is 0 Å². The second-order valence-corrected chi connectivity index (χ2v) is 7.43. The number of benzene rings is 2. The third-order valence-corrected chi connectivity index (χ3v) is 5.47. The number of thiazole rings is 1. The topological polar surface area (TPSA) is 66.9 Å². The summed E-state index contributed by atoms with van der Waals surface area (Å²) in [5, 5.41) is 9.23. The van der Waals surface area contributed by atoms with Gasteiger partial charge in [-0.25, -0.2) is 4.98 Å². The minimum Gasteiger partial charge on any atom is -0.355 e. The Hall–Kier alpha value is -3.51. The summed E-state index contributed by atoms with van der Waals surface area (Å²) in [7, 11) is 0. The Morgan fingerprint density at radius 1 is 0.966 bits per heavy atom. The van der Waals surface area contributed by atoms with Gasteiger partial charge in [0.1, 0.15) is 5.01 Å². The Labute approximate surface area is 173 Å². The number of hydrogen-bond acceptors (Lipinski definition) is 5. The molecule has 5 nitrogen and oxygen atoms in total. The molecule has 6 heteroatoms. The molecular weight excluding hydrogens is 380 g/mol. The van der Waals surface area contributed by atoms with Crippen LogP contribution < -0.4 is 10.6 Å². The summed E-state index contributed by atoms with van der Waals surface area (Å²) in [4.78, 5) is 21.6. The molecule has 0 aliphatic carbocycles. The van der Waals surface area contributed by atoms with E-state index in [-0.39, 0.29) is 11.9 Å². The van der Waals surface area contributed by atoms with Gasteiger partial charge < -0.3 is 10.6 Å². The molecule has 29 heavy (non-hydrogen) atoms. The molecule has 0 bridgehead atoms. The maximum atomic E-state index is 12.9. The van der Waals surface area contributed by atoms with Gasteiger partial charge in [-0.3, -0.25) is 9.78 Å². The monoisotopic (exact) mass is 400 g/mol. The molecule has 2 aromatic heterocycles.